The SMILES string of the molecule is CNSc1ccc(OCC(F)(F)F)c(N)c1. The highest BCUT2D eigenvalue weighted by Crippen LogP contribution is 2.28. The van der Waals surface area contributed by atoms with Gasteiger partial charge in [-0.25, -0.2) is 0 Å². The summed E-state index contributed by atoms with van der Waals surface area (Å²) in [6.07, 6.45) is -4.36. The van der Waals surface area contributed by atoms with E-state index in [-0.39, 0.29) is 11.4 Å². The van der Waals surface area contributed by atoms with Crippen molar-refractivity contribution in [2.45, 2.75) is 11.1 Å². The van der Waals surface area contributed by atoms with Crippen LogP contribution in [-0.4, -0.2) is 19.8 Å². The summed E-state index contributed by atoms with van der Waals surface area (Å²) in [5, 5.41) is 0. The van der Waals surface area contributed by atoms with Crippen LogP contribution in [0.4, 0.5) is 18.9 Å². The number of anilines is 1. The highest BCUT2D eigenvalue weighted by Gasteiger charge is 2.28. The fourth-order valence-electron chi connectivity index (χ4n) is 0.999. The third-order valence-corrected chi connectivity index (χ3v) is 2.29. The molecular weight excluding hydrogens is 241 g/mol. The molecule has 0 saturated carbocycles. The number of nitrogens with one attached hydrogen (secondary N) is 1. The van der Waals surface area contributed by atoms with Crippen LogP contribution in [0, 0.1) is 0 Å². The first kappa shape index (κ1) is 13.0. The standard InChI is InChI=1S/C9H11F3N2OS/c1-14-16-6-2-3-8(7(13)4-6)15-5-9(10,11)12/h2-4,14H,5,13H2,1H3. The first-order valence-corrected chi connectivity index (χ1v) is 5.16. The molecule has 1 rings (SSSR count). The van der Waals surface area contributed by atoms with E-state index < -0.39 is 12.8 Å². The summed E-state index contributed by atoms with van der Waals surface area (Å²) < 4.78 is 43.1. The third kappa shape index (κ3) is 4.19. The summed E-state index contributed by atoms with van der Waals surface area (Å²) in [5.74, 6) is 0.0396. The average Bonchev–Trinajstić information content (AvgIpc) is 2.15. The Morgan fingerprint density at radius 3 is 2.62 bits per heavy atom. The Bertz CT molecular complexity index is 357. The van der Waals surface area contributed by atoms with Crippen molar-refractivity contribution in [3.05, 3.63) is 18.2 Å². The van der Waals surface area contributed by atoms with Crippen molar-refractivity contribution < 1.29 is 17.9 Å². The van der Waals surface area contributed by atoms with E-state index in [4.69, 9.17) is 5.73 Å². The molecule has 16 heavy (non-hydrogen) atoms. The van der Waals surface area contributed by atoms with Crippen molar-refractivity contribution in [1.82, 2.24) is 4.72 Å². The second-order valence-corrected chi connectivity index (χ2v) is 3.99. The fourth-order valence-corrected chi connectivity index (χ4v) is 1.56. The lowest BCUT2D eigenvalue weighted by Gasteiger charge is -2.11. The van der Waals surface area contributed by atoms with E-state index >= 15 is 0 Å². The van der Waals surface area contributed by atoms with Crippen molar-refractivity contribution in [2.24, 2.45) is 0 Å². The molecule has 0 spiro atoms. The van der Waals surface area contributed by atoms with Crippen molar-refractivity contribution >= 4 is 17.6 Å². The molecular formula is C9H11F3N2OS. The number of halogens is 3. The van der Waals surface area contributed by atoms with Crippen LogP contribution in [0.2, 0.25) is 0 Å². The van der Waals surface area contributed by atoms with Crippen molar-refractivity contribution in [3.63, 3.8) is 0 Å². The van der Waals surface area contributed by atoms with E-state index in [0.29, 0.717) is 0 Å². The van der Waals surface area contributed by atoms with Gasteiger partial charge in [-0.3, -0.25) is 4.72 Å². The summed E-state index contributed by atoms with van der Waals surface area (Å²) in [5.41, 5.74) is 5.73. The molecule has 0 aliphatic rings. The maximum absolute atomic E-state index is 11.9. The highest BCUT2D eigenvalue weighted by molar-refractivity contribution is 7.97. The minimum absolute atomic E-state index is 0.0396. The second-order valence-electron chi connectivity index (χ2n) is 2.91. The van der Waals surface area contributed by atoms with Gasteiger partial charge in [-0.15, -0.1) is 0 Å². The minimum atomic E-state index is -4.36. The Labute approximate surface area is 95.3 Å². The Hall–Kier alpha value is -1.08. The van der Waals surface area contributed by atoms with Gasteiger partial charge in [0.2, 0.25) is 0 Å². The average molecular weight is 252 g/mol. The van der Waals surface area contributed by atoms with E-state index in [1.807, 2.05) is 0 Å². The van der Waals surface area contributed by atoms with Gasteiger partial charge in [0.1, 0.15) is 5.75 Å². The Morgan fingerprint density at radius 1 is 1.44 bits per heavy atom. The van der Waals surface area contributed by atoms with E-state index in [1.54, 1.807) is 19.2 Å². The number of hydrogen-bond acceptors (Lipinski definition) is 4. The molecule has 7 heteroatoms. The molecule has 3 nitrogen and oxygen atoms in total. The summed E-state index contributed by atoms with van der Waals surface area (Å²) in [6.45, 7) is -1.34. The fraction of sp³-hybridized carbons (Fsp3) is 0.333. The lowest BCUT2D eigenvalue weighted by Crippen LogP contribution is -2.19. The number of alkyl halides is 3. The molecule has 0 radical (unpaired) electrons. The van der Waals surface area contributed by atoms with E-state index in [2.05, 4.69) is 9.46 Å². The molecule has 0 aromatic heterocycles. The molecule has 0 amide bonds. The molecule has 0 aliphatic heterocycles. The van der Waals surface area contributed by atoms with Crippen LogP contribution in [-0.2, 0) is 0 Å². The molecule has 0 heterocycles. The van der Waals surface area contributed by atoms with Gasteiger partial charge in [0.25, 0.3) is 0 Å². The number of benzene rings is 1. The quantitative estimate of drug-likeness (QED) is 0.638. The predicted molar refractivity (Wildman–Crippen MR) is 57.3 cm³/mol. The van der Waals surface area contributed by atoms with Crippen LogP contribution in [0.1, 0.15) is 0 Å². The maximum atomic E-state index is 11.9. The van der Waals surface area contributed by atoms with Crippen LogP contribution >= 0.6 is 11.9 Å². The van der Waals surface area contributed by atoms with Gasteiger partial charge < -0.3 is 10.5 Å². The third-order valence-electron chi connectivity index (χ3n) is 1.59. The van der Waals surface area contributed by atoms with Crippen molar-refractivity contribution in [3.8, 4) is 5.75 Å². The normalized spacial score (nSPS) is 11.5. The van der Waals surface area contributed by atoms with E-state index in [0.717, 1.165) is 4.90 Å². The first-order chi connectivity index (χ1) is 7.42. The molecule has 0 aliphatic carbocycles. The molecule has 0 bridgehead atoms. The summed E-state index contributed by atoms with van der Waals surface area (Å²) in [4.78, 5) is 0.805. The molecule has 0 atom stereocenters. The summed E-state index contributed by atoms with van der Waals surface area (Å²) >= 11 is 1.31. The number of rotatable bonds is 4. The molecule has 90 valence electrons. The zero-order valence-corrected chi connectivity index (χ0v) is 9.28. The number of hydrogen-bond donors (Lipinski definition) is 2. The molecule has 0 saturated heterocycles. The zero-order chi connectivity index (χ0) is 12.2. The van der Waals surface area contributed by atoms with Gasteiger partial charge in [-0.2, -0.15) is 13.2 Å². The van der Waals surface area contributed by atoms with E-state index in [9.17, 15) is 13.2 Å². The van der Waals surface area contributed by atoms with E-state index in [1.165, 1.54) is 18.0 Å². The lowest BCUT2D eigenvalue weighted by atomic mass is 10.3. The number of ether oxygens (including phenoxy) is 1. The van der Waals surface area contributed by atoms with Crippen LogP contribution in [0.15, 0.2) is 23.1 Å². The highest BCUT2D eigenvalue weighted by atomic mass is 32.2. The van der Waals surface area contributed by atoms with Crippen LogP contribution in [0.5, 0.6) is 5.75 Å². The molecule has 1 aromatic carbocycles. The first-order valence-electron chi connectivity index (χ1n) is 4.35. The Kier molecular flexibility index (Phi) is 4.31. The molecule has 0 unspecified atom stereocenters. The maximum Gasteiger partial charge on any atom is 0.422 e. The second kappa shape index (κ2) is 5.31. The van der Waals surface area contributed by atoms with Gasteiger partial charge in [0, 0.05) is 4.90 Å². The monoisotopic (exact) mass is 252 g/mol. The van der Waals surface area contributed by atoms with Crippen molar-refractivity contribution in [2.75, 3.05) is 19.4 Å². The number of nitrogen functional groups attached to an aromatic ring is 1. The van der Waals surface area contributed by atoms with Gasteiger partial charge in [-0.05, 0) is 37.2 Å². The molecule has 0 fully saturated rings. The number of nitrogens with two attached hydrogens (primary N) is 1. The zero-order valence-electron chi connectivity index (χ0n) is 8.47. The molecule has 1 aromatic rings. The lowest BCUT2D eigenvalue weighted by molar-refractivity contribution is -0.153. The largest absolute Gasteiger partial charge is 0.482 e. The Balaban J connectivity index is 2.68. The smallest absolute Gasteiger partial charge is 0.422 e. The summed E-state index contributed by atoms with van der Waals surface area (Å²) in [6, 6.07) is 4.59. The van der Waals surface area contributed by atoms with Gasteiger partial charge in [0.15, 0.2) is 6.61 Å². The van der Waals surface area contributed by atoms with Gasteiger partial charge >= 0.3 is 6.18 Å². The Morgan fingerprint density at radius 2 is 2.12 bits per heavy atom. The summed E-state index contributed by atoms with van der Waals surface area (Å²) in [7, 11) is 1.73. The minimum Gasteiger partial charge on any atom is -0.482 e. The molecule has 3 N–H and O–H groups in total. The van der Waals surface area contributed by atoms with Crippen LogP contribution < -0.4 is 15.2 Å². The van der Waals surface area contributed by atoms with Gasteiger partial charge in [0.05, 0.1) is 5.69 Å². The van der Waals surface area contributed by atoms with Crippen LogP contribution in [0.25, 0.3) is 0 Å². The topological polar surface area (TPSA) is 47.3 Å². The van der Waals surface area contributed by atoms with Crippen LogP contribution in [0.3, 0.4) is 0 Å². The van der Waals surface area contributed by atoms with Gasteiger partial charge in [-0.1, -0.05) is 0 Å². The van der Waals surface area contributed by atoms with Crippen molar-refractivity contribution in [1.29, 1.82) is 0 Å². The predicted octanol–water partition coefficient (Wildman–Crippen LogP) is 2.44.